The van der Waals surface area contributed by atoms with Crippen molar-refractivity contribution >= 4 is 17.9 Å². The molecule has 152 valence electrons. The quantitative estimate of drug-likeness (QED) is 0.600. The number of aromatic carboxylic acids is 1. The second-order valence-electron chi connectivity index (χ2n) is 5.00. The Hall–Kier alpha value is -2.82. The van der Waals surface area contributed by atoms with E-state index in [0.717, 1.165) is 0 Å². The summed E-state index contributed by atoms with van der Waals surface area (Å²) in [5, 5.41) is 26.7. The highest BCUT2D eigenvalue weighted by atomic mass is 19.4. The Morgan fingerprint density at radius 3 is 2.04 bits per heavy atom. The molecule has 2 atom stereocenters. The molecule has 2 rings (SSSR count). The van der Waals surface area contributed by atoms with Crippen LogP contribution in [-0.4, -0.2) is 58.1 Å². The minimum absolute atomic E-state index is 0.0938. The van der Waals surface area contributed by atoms with Crippen molar-refractivity contribution in [1.29, 1.82) is 0 Å². The Labute approximate surface area is 152 Å². The molecule has 1 aromatic rings. The first-order valence-electron chi connectivity index (χ1n) is 7.87. The SMILES string of the molecule is CC.O=C(O)C(F)(F)F.O=C(O)c1ccccc1O[C@@H]1C[NH2+][C@H](C(=O)O)C1. The molecule has 0 aliphatic carbocycles. The lowest BCUT2D eigenvalue weighted by Crippen LogP contribution is -2.89. The second-order valence-corrected chi connectivity index (χ2v) is 5.00. The first kappa shape index (κ1) is 24.2. The van der Waals surface area contributed by atoms with E-state index >= 15 is 0 Å². The normalized spacial score (nSPS) is 18.3. The van der Waals surface area contributed by atoms with Gasteiger partial charge in [-0.1, -0.05) is 26.0 Å². The van der Waals surface area contributed by atoms with Gasteiger partial charge in [0.05, 0.1) is 6.42 Å². The topological polar surface area (TPSA) is 138 Å². The number of aliphatic carboxylic acids is 2. The largest absolute Gasteiger partial charge is 0.490 e. The van der Waals surface area contributed by atoms with Crippen molar-refractivity contribution in [1.82, 2.24) is 0 Å². The summed E-state index contributed by atoms with van der Waals surface area (Å²) >= 11 is 0. The predicted molar refractivity (Wildman–Crippen MR) is 85.7 cm³/mol. The molecule has 0 unspecified atom stereocenters. The molecule has 0 saturated carbocycles. The van der Waals surface area contributed by atoms with Crippen LogP contribution in [0.4, 0.5) is 13.2 Å². The Morgan fingerprint density at radius 1 is 1.11 bits per heavy atom. The monoisotopic (exact) mass is 396 g/mol. The van der Waals surface area contributed by atoms with Gasteiger partial charge in [-0.2, -0.15) is 13.2 Å². The number of nitrogens with two attached hydrogens (primary N) is 1. The maximum atomic E-state index is 11.0. The second kappa shape index (κ2) is 11.0. The third-order valence-electron chi connectivity index (χ3n) is 3.17. The lowest BCUT2D eigenvalue weighted by Gasteiger charge is -2.12. The summed E-state index contributed by atoms with van der Waals surface area (Å²) in [6.45, 7) is 4.52. The third kappa shape index (κ3) is 8.40. The standard InChI is InChI=1S/C12H13NO5.C2HF3O2.C2H6/c14-11(15)8-3-1-2-4-10(8)18-7-5-9(12(16)17)13-6-7;3-2(4,5)1(6)7;1-2/h1-4,7,9,13H,5-6H2,(H,14,15)(H,16,17);(H,6,7);1-2H3/p+1/t7-,9-;;/m0../s1. The van der Waals surface area contributed by atoms with E-state index in [9.17, 15) is 22.8 Å². The molecule has 0 spiro atoms. The van der Waals surface area contributed by atoms with Gasteiger partial charge in [-0.25, -0.2) is 14.4 Å². The van der Waals surface area contributed by atoms with E-state index < -0.39 is 30.1 Å². The molecule has 1 aliphatic rings. The van der Waals surface area contributed by atoms with Crippen molar-refractivity contribution in [2.45, 2.75) is 38.6 Å². The van der Waals surface area contributed by atoms with E-state index in [2.05, 4.69) is 0 Å². The molecule has 1 aromatic carbocycles. The fourth-order valence-electron chi connectivity index (χ4n) is 2.02. The maximum absolute atomic E-state index is 11.0. The predicted octanol–water partition coefficient (Wildman–Crippen LogP) is 1.21. The van der Waals surface area contributed by atoms with Gasteiger partial charge in [0, 0.05) is 0 Å². The van der Waals surface area contributed by atoms with Gasteiger partial charge in [0.1, 0.15) is 17.9 Å². The molecule has 5 N–H and O–H groups in total. The fraction of sp³-hybridized carbons (Fsp3) is 0.438. The summed E-state index contributed by atoms with van der Waals surface area (Å²) in [6, 6.07) is 5.85. The molecule has 1 heterocycles. The molecule has 0 amide bonds. The van der Waals surface area contributed by atoms with Crippen molar-refractivity contribution in [3.05, 3.63) is 29.8 Å². The molecule has 1 saturated heterocycles. The number of halogens is 3. The number of para-hydroxylation sites is 1. The van der Waals surface area contributed by atoms with Crippen molar-refractivity contribution in [2.24, 2.45) is 0 Å². The first-order valence-corrected chi connectivity index (χ1v) is 7.87. The Bertz CT molecular complexity index is 649. The number of quaternary nitrogens is 1. The molecule has 11 heteroatoms. The van der Waals surface area contributed by atoms with Gasteiger partial charge < -0.3 is 25.4 Å². The van der Waals surface area contributed by atoms with E-state index in [1.165, 1.54) is 6.07 Å². The van der Waals surface area contributed by atoms with E-state index in [4.69, 9.17) is 24.9 Å². The van der Waals surface area contributed by atoms with Crippen LogP contribution in [0.5, 0.6) is 5.75 Å². The van der Waals surface area contributed by atoms with Gasteiger partial charge >= 0.3 is 24.1 Å². The summed E-state index contributed by atoms with van der Waals surface area (Å²) in [7, 11) is 0. The van der Waals surface area contributed by atoms with Crippen molar-refractivity contribution < 1.29 is 52.9 Å². The molecule has 1 aliphatic heterocycles. The highest BCUT2D eigenvalue weighted by molar-refractivity contribution is 5.90. The molecule has 27 heavy (non-hydrogen) atoms. The van der Waals surface area contributed by atoms with Gasteiger partial charge in [-0.05, 0) is 12.1 Å². The van der Waals surface area contributed by atoms with Crippen molar-refractivity contribution in [3.8, 4) is 5.75 Å². The van der Waals surface area contributed by atoms with Crippen molar-refractivity contribution in [3.63, 3.8) is 0 Å². The maximum Gasteiger partial charge on any atom is 0.490 e. The van der Waals surface area contributed by atoms with E-state index in [-0.39, 0.29) is 17.4 Å². The Morgan fingerprint density at radius 2 is 1.63 bits per heavy atom. The highest BCUT2D eigenvalue weighted by Gasteiger charge is 2.38. The van der Waals surface area contributed by atoms with Crippen LogP contribution < -0.4 is 10.1 Å². The van der Waals surface area contributed by atoms with Gasteiger partial charge in [0.2, 0.25) is 0 Å². The molecule has 0 radical (unpaired) electrons. The number of ether oxygens (including phenoxy) is 1. The van der Waals surface area contributed by atoms with Crippen LogP contribution in [0.25, 0.3) is 0 Å². The van der Waals surface area contributed by atoms with Gasteiger partial charge in [0.25, 0.3) is 0 Å². The molecular formula is C16H21F3NO7+. The summed E-state index contributed by atoms with van der Waals surface area (Å²) in [5.41, 5.74) is 0.0938. The number of carboxylic acids is 3. The summed E-state index contributed by atoms with van der Waals surface area (Å²) in [5.74, 6) is -4.39. The van der Waals surface area contributed by atoms with E-state index in [0.29, 0.717) is 13.0 Å². The minimum atomic E-state index is -5.08. The van der Waals surface area contributed by atoms with Crippen LogP contribution in [0.3, 0.4) is 0 Å². The zero-order valence-electron chi connectivity index (χ0n) is 14.6. The number of alkyl halides is 3. The molecule has 0 aromatic heterocycles. The van der Waals surface area contributed by atoms with Crippen LogP contribution in [0.2, 0.25) is 0 Å². The highest BCUT2D eigenvalue weighted by Crippen LogP contribution is 2.20. The van der Waals surface area contributed by atoms with Gasteiger partial charge in [0.15, 0.2) is 12.1 Å². The first-order chi connectivity index (χ1) is 12.5. The third-order valence-corrected chi connectivity index (χ3v) is 3.17. The minimum Gasteiger partial charge on any atom is -0.483 e. The lowest BCUT2D eigenvalue weighted by molar-refractivity contribution is -0.660. The molecular weight excluding hydrogens is 375 g/mol. The number of benzene rings is 1. The van der Waals surface area contributed by atoms with Gasteiger partial charge in [-0.15, -0.1) is 0 Å². The van der Waals surface area contributed by atoms with Crippen molar-refractivity contribution in [2.75, 3.05) is 6.54 Å². The van der Waals surface area contributed by atoms with Crippen LogP contribution in [0, 0.1) is 0 Å². The number of hydrogen-bond acceptors (Lipinski definition) is 4. The fourth-order valence-corrected chi connectivity index (χ4v) is 2.02. The number of carboxylic acid groups (broad SMARTS) is 3. The summed E-state index contributed by atoms with van der Waals surface area (Å²) in [4.78, 5) is 30.7. The average molecular weight is 396 g/mol. The van der Waals surface area contributed by atoms with Crippen LogP contribution in [-0.2, 0) is 9.59 Å². The van der Waals surface area contributed by atoms with Crippen LogP contribution in [0.1, 0.15) is 30.6 Å². The summed E-state index contributed by atoms with van der Waals surface area (Å²) in [6.07, 6.45) is -4.98. The zero-order valence-corrected chi connectivity index (χ0v) is 14.6. The zero-order chi connectivity index (χ0) is 21.2. The van der Waals surface area contributed by atoms with Gasteiger partial charge in [-0.3, -0.25) is 0 Å². The molecule has 1 fully saturated rings. The smallest absolute Gasteiger partial charge is 0.483 e. The number of hydrogen-bond donors (Lipinski definition) is 4. The van der Waals surface area contributed by atoms with Crippen LogP contribution in [0.15, 0.2) is 24.3 Å². The Kier molecular flexibility index (Phi) is 9.86. The Balaban J connectivity index is 0.000000637. The molecule has 8 nitrogen and oxygen atoms in total. The van der Waals surface area contributed by atoms with Crippen LogP contribution >= 0.6 is 0 Å². The number of rotatable bonds is 4. The van der Waals surface area contributed by atoms with E-state index in [1.54, 1.807) is 23.5 Å². The molecule has 0 bridgehead atoms. The number of carbonyl (C=O) groups is 3. The summed E-state index contributed by atoms with van der Waals surface area (Å²) < 4.78 is 37.3. The average Bonchev–Trinajstić information content (AvgIpc) is 3.05. The lowest BCUT2D eigenvalue weighted by atomic mass is 10.2. The van der Waals surface area contributed by atoms with E-state index in [1.807, 2.05) is 13.8 Å².